The molecule has 2 N–H and O–H groups in total. The van der Waals surface area contributed by atoms with E-state index in [0.29, 0.717) is 11.6 Å². The van der Waals surface area contributed by atoms with E-state index in [1.807, 2.05) is 38.3 Å². The van der Waals surface area contributed by atoms with Gasteiger partial charge in [-0.15, -0.1) is 11.8 Å². The van der Waals surface area contributed by atoms with Gasteiger partial charge in [-0.2, -0.15) is 0 Å². The van der Waals surface area contributed by atoms with Crippen LogP contribution in [0.4, 0.5) is 0 Å². The zero-order valence-electron chi connectivity index (χ0n) is 10.5. The molecule has 0 aliphatic rings. The van der Waals surface area contributed by atoms with E-state index >= 15 is 0 Å². The zero-order chi connectivity index (χ0) is 12.9. The van der Waals surface area contributed by atoms with Crippen LogP contribution >= 0.6 is 24.0 Å². The van der Waals surface area contributed by atoms with Crippen LogP contribution in [-0.2, 0) is 0 Å². The minimum Gasteiger partial charge on any atom is -0.492 e. The first-order valence-electron chi connectivity index (χ1n) is 5.53. The van der Waals surface area contributed by atoms with Gasteiger partial charge in [0.05, 0.1) is 11.6 Å². The molecular formula is C13H19NOS2. The van der Waals surface area contributed by atoms with Gasteiger partial charge >= 0.3 is 0 Å². The summed E-state index contributed by atoms with van der Waals surface area (Å²) in [7, 11) is 0. The predicted molar refractivity (Wildman–Crippen MR) is 78.9 cm³/mol. The van der Waals surface area contributed by atoms with Gasteiger partial charge in [0, 0.05) is 10.3 Å². The van der Waals surface area contributed by atoms with E-state index in [4.69, 9.17) is 22.7 Å². The Morgan fingerprint density at radius 3 is 2.65 bits per heavy atom. The van der Waals surface area contributed by atoms with Gasteiger partial charge < -0.3 is 10.5 Å². The topological polar surface area (TPSA) is 35.2 Å². The molecule has 0 aliphatic carbocycles. The number of para-hydroxylation sites is 1. The summed E-state index contributed by atoms with van der Waals surface area (Å²) in [5.41, 5.74) is 5.53. The van der Waals surface area contributed by atoms with E-state index in [1.165, 1.54) is 0 Å². The number of thioether (sulfide) groups is 1. The van der Waals surface area contributed by atoms with Crippen molar-refractivity contribution in [3.63, 3.8) is 0 Å². The summed E-state index contributed by atoms with van der Waals surface area (Å²) in [5.74, 6) is 0.929. The third-order valence-corrected chi connectivity index (χ3v) is 4.05. The predicted octanol–water partition coefficient (Wildman–Crippen LogP) is 3.49. The van der Waals surface area contributed by atoms with Crippen molar-refractivity contribution >= 4 is 29.0 Å². The van der Waals surface area contributed by atoms with E-state index < -0.39 is 0 Å². The molecule has 0 saturated heterocycles. The van der Waals surface area contributed by atoms with Crippen LogP contribution in [0.15, 0.2) is 29.2 Å². The summed E-state index contributed by atoms with van der Waals surface area (Å²) in [6.07, 6.45) is 2.87. The van der Waals surface area contributed by atoms with E-state index in [9.17, 15) is 0 Å². The standard InChI is InChI=1S/C13H19NOS2/c1-13(2,12(14)16)8-9-15-10-6-4-5-7-11(10)17-3/h4-7H,8-9H2,1-3H3,(H2,14,16). The van der Waals surface area contributed by atoms with Crippen LogP contribution in [0.25, 0.3) is 0 Å². The molecule has 0 unspecified atom stereocenters. The second kappa shape index (κ2) is 6.26. The maximum atomic E-state index is 5.78. The van der Waals surface area contributed by atoms with Crippen LogP contribution in [-0.4, -0.2) is 17.9 Å². The molecule has 0 bridgehead atoms. The van der Waals surface area contributed by atoms with E-state index in [2.05, 4.69) is 6.07 Å². The maximum Gasteiger partial charge on any atom is 0.132 e. The lowest BCUT2D eigenvalue weighted by Gasteiger charge is -2.23. The normalized spacial score (nSPS) is 11.2. The van der Waals surface area contributed by atoms with Crippen molar-refractivity contribution < 1.29 is 4.74 Å². The molecule has 0 heterocycles. The molecule has 0 aromatic heterocycles. The third-order valence-electron chi connectivity index (χ3n) is 2.72. The SMILES string of the molecule is CSc1ccccc1OCCC(C)(C)C(N)=S. The molecule has 17 heavy (non-hydrogen) atoms. The first-order chi connectivity index (χ1) is 7.97. The number of ether oxygens (including phenoxy) is 1. The third kappa shape index (κ3) is 4.21. The Kier molecular flexibility index (Phi) is 5.28. The molecule has 0 amide bonds. The number of hydrogen-bond acceptors (Lipinski definition) is 3. The highest BCUT2D eigenvalue weighted by Gasteiger charge is 2.21. The molecule has 1 aromatic carbocycles. The fourth-order valence-corrected chi connectivity index (χ4v) is 1.92. The molecule has 2 nitrogen and oxygen atoms in total. The Hall–Kier alpha value is -0.740. The van der Waals surface area contributed by atoms with E-state index in [1.54, 1.807) is 11.8 Å². The molecule has 0 spiro atoms. The van der Waals surface area contributed by atoms with Crippen molar-refractivity contribution in [1.82, 2.24) is 0 Å². The molecule has 4 heteroatoms. The van der Waals surface area contributed by atoms with Gasteiger partial charge in [0.15, 0.2) is 0 Å². The van der Waals surface area contributed by atoms with E-state index in [0.717, 1.165) is 17.1 Å². The quantitative estimate of drug-likeness (QED) is 0.633. The summed E-state index contributed by atoms with van der Waals surface area (Å²) in [6.45, 7) is 4.71. The largest absolute Gasteiger partial charge is 0.492 e. The highest BCUT2D eigenvalue weighted by molar-refractivity contribution is 7.98. The summed E-state index contributed by atoms with van der Waals surface area (Å²) >= 11 is 6.71. The van der Waals surface area contributed by atoms with Crippen molar-refractivity contribution in [2.75, 3.05) is 12.9 Å². The van der Waals surface area contributed by atoms with Crippen LogP contribution in [0.3, 0.4) is 0 Å². The Labute approximate surface area is 113 Å². The van der Waals surface area contributed by atoms with Crippen LogP contribution in [0.1, 0.15) is 20.3 Å². The van der Waals surface area contributed by atoms with Gasteiger partial charge in [-0.3, -0.25) is 0 Å². The first-order valence-corrected chi connectivity index (χ1v) is 7.16. The van der Waals surface area contributed by atoms with Gasteiger partial charge in [-0.1, -0.05) is 38.2 Å². The molecule has 0 atom stereocenters. The summed E-state index contributed by atoms with van der Waals surface area (Å²) in [5, 5.41) is 0. The monoisotopic (exact) mass is 269 g/mol. The Morgan fingerprint density at radius 2 is 2.06 bits per heavy atom. The van der Waals surface area contributed by atoms with Gasteiger partial charge in [0.1, 0.15) is 5.75 Å². The van der Waals surface area contributed by atoms with Crippen molar-refractivity contribution in [2.45, 2.75) is 25.2 Å². The van der Waals surface area contributed by atoms with Gasteiger partial charge in [-0.25, -0.2) is 0 Å². The number of benzene rings is 1. The van der Waals surface area contributed by atoms with Gasteiger partial charge in [-0.05, 0) is 24.8 Å². The van der Waals surface area contributed by atoms with Crippen LogP contribution in [0.2, 0.25) is 0 Å². The summed E-state index contributed by atoms with van der Waals surface area (Å²) < 4.78 is 5.78. The lowest BCUT2D eigenvalue weighted by atomic mass is 9.90. The minimum atomic E-state index is -0.149. The molecule has 94 valence electrons. The lowest BCUT2D eigenvalue weighted by Crippen LogP contribution is -2.31. The van der Waals surface area contributed by atoms with Crippen molar-refractivity contribution in [2.24, 2.45) is 11.1 Å². The smallest absolute Gasteiger partial charge is 0.132 e. The molecule has 1 rings (SSSR count). The molecular weight excluding hydrogens is 250 g/mol. The lowest BCUT2D eigenvalue weighted by molar-refractivity contribution is 0.265. The van der Waals surface area contributed by atoms with Gasteiger partial charge in [0.2, 0.25) is 0 Å². The van der Waals surface area contributed by atoms with Crippen molar-refractivity contribution in [1.29, 1.82) is 0 Å². The second-order valence-electron chi connectivity index (χ2n) is 4.50. The summed E-state index contributed by atoms with van der Waals surface area (Å²) in [4.78, 5) is 1.69. The number of nitrogens with two attached hydrogens (primary N) is 1. The van der Waals surface area contributed by atoms with Crippen LogP contribution in [0.5, 0.6) is 5.75 Å². The number of thiocarbonyl (C=S) groups is 1. The zero-order valence-corrected chi connectivity index (χ0v) is 12.2. The fraction of sp³-hybridized carbons (Fsp3) is 0.462. The van der Waals surface area contributed by atoms with E-state index in [-0.39, 0.29) is 5.41 Å². The highest BCUT2D eigenvalue weighted by Crippen LogP contribution is 2.28. The molecule has 0 saturated carbocycles. The Morgan fingerprint density at radius 1 is 1.41 bits per heavy atom. The average Bonchev–Trinajstić information content (AvgIpc) is 2.29. The highest BCUT2D eigenvalue weighted by atomic mass is 32.2. The van der Waals surface area contributed by atoms with Crippen molar-refractivity contribution in [3.8, 4) is 5.75 Å². The second-order valence-corrected chi connectivity index (χ2v) is 5.79. The van der Waals surface area contributed by atoms with Gasteiger partial charge in [0.25, 0.3) is 0 Å². The minimum absolute atomic E-state index is 0.149. The first kappa shape index (κ1) is 14.3. The van der Waals surface area contributed by atoms with Crippen LogP contribution in [0, 0.1) is 5.41 Å². The van der Waals surface area contributed by atoms with Crippen LogP contribution < -0.4 is 10.5 Å². The summed E-state index contributed by atoms with van der Waals surface area (Å²) in [6, 6.07) is 8.03. The molecule has 0 fully saturated rings. The Balaban J connectivity index is 2.54. The fourth-order valence-electron chi connectivity index (χ4n) is 1.28. The molecule has 0 radical (unpaired) electrons. The average molecular weight is 269 g/mol. The van der Waals surface area contributed by atoms with Crippen molar-refractivity contribution in [3.05, 3.63) is 24.3 Å². The number of hydrogen-bond donors (Lipinski definition) is 1. The maximum absolute atomic E-state index is 5.78. The Bertz CT molecular complexity index is 391. The number of rotatable bonds is 6. The molecule has 1 aromatic rings. The molecule has 0 aliphatic heterocycles.